The number of rotatable bonds is 3. The van der Waals surface area contributed by atoms with Gasteiger partial charge in [0.25, 0.3) is 0 Å². The van der Waals surface area contributed by atoms with Crippen molar-refractivity contribution in [2.75, 3.05) is 26.7 Å². The van der Waals surface area contributed by atoms with E-state index in [9.17, 15) is 9.90 Å². The highest BCUT2D eigenvalue weighted by Crippen LogP contribution is 2.35. The predicted octanol–water partition coefficient (Wildman–Crippen LogP) is 1.90. The minimum absolute atomic E-state index is 0.154. The molecule has 4 unspecified atom stereocenters. The van der Waals surface area contributed by atoms with Gasteiger partial charge in [0.2, 0.25) is 0 Å². The van der Waals surface area contributed by atoms with Crippen LogP contribution in [0.4, 0.5) is 0 Å². The van der Waals surface area contributed by atoms with Gasteiger partial charge in [-0.1, -0.05) is 13.3 Å². The molecule has 0 spiro atoms. The zero-order chi connectivity index (χ0) is 14.0. The third kappa shape index (κ3) is 3.29. The van der Waals surface area contributed by atoms with Gasteiger partial charge < -0.3 is 10.0 Å². The molecule has 4 nitrogen and oxygen atoms in total. The third-order valence-electron chi connectivity index (χ3n) is 5.28. The normalized spacial score (nSPS) is 38.3. The van der Waals surface area contributed by atoms with Gasteiger partial charge in [0, 0.05) is 31.7 Å². The molecule has 0 bridgehead atoms. The van der Waals surface area contributed by atoms with Crippen molar-refractivity contribution in [2.24, 2.45) is 11.8 Å². The minimum Gasteiger partial charge on any atom is -0.481 e. The predicted molar refractivity (Wildman–Crippen MR) is 76.2 cm³/mol. The Kier molecular flexibility index (Phi) is 4.85. The molecule has 0 radical (unpaired) electrons. The Labute approximate surface area is 116 Å². The summed E-state index contributed by atoms with van der Waals surface area (Å²) in [4.78, 5) is 16.3. The van der Waals surface area contributed by atoms with Gasteiger partial charge in [-0.15, -0.1) is 0 Å². The van der Waals surface area contributed by atoms with E-state index < -0.39 is 5.97 Å². The molecule has 0 aromatic carbocycles. The fraction of sp³-hybridized carbons (Fsp3) is 0.933. The van der Waals surface area contributed by atoms with Crippen LogP contribution < -0.4 is 0 Å². The largest absolute Gasteiger partial charge is 0.481 e. The molecule has 110 valence electrons. The van der Waals surface area contributed by atoms with Crippen molar-refractivity contribution >= 4 is 5.97 Å². The molecule has 1 saturated heterocycles. The molecule has 0 aromatic rings. The van der Waals surface area contributed by atoms with E-state index in [1.807, 2.05) is 0 Å². The summed E-state index contributed by atoms with van der Waals surface area (Å²) in [6, 6.07) is 0.789. The molecule has 1 aliphatic carbocycles. The second-order valence-electron chi connectivity index (χ2n) is 6.42. The van der Waals surface area contributed by atoms with Crippen LogP contribution in [-0.2, 0) is 4.79 Å². The number of carboxylic acid groups (broad SMARTS) is 1. The van der Waals surface area contributed by atoms with E-state index >= 15 is 0 Å². The van der Waals surface area contributed by atoms with E-state index in [0.29, 0.717) is 6.04 Å². The van der Waals surface area contributed by atoms with Crippen molar-refractivity contribution in [1.29, 1.82) is 0 Å². The molecule has 0 amide bonds. The summed E-state index contributed by atoms with van der Waals surface area (Å²) in [7, 11) is 2.16. The average Bonchev–Trinajstić information content (AvgIpc) is 2.41. The first-order valence-corrected chi connectivity index (χ1v) is 7.70. The smallest absolute Gasteiger partial charge is 0.308 e. The Morgan fingerprint density at radius 3 is 2.63 bits per heavy atom. The van der Waals surface area contributed by atoms with Gasteiger partial charge in [-0.25, -0.2) is 0 Å². The van der Waals surface area contributed by atoms with E-state index in [2.05, 4.69) is 30.7 Å². The standard InChI is InChI=1S/C15H28N2O2/c1-4-12-5-6-13(15(18)19)14(9-12)17-8-7-16(3)11(2)10-17/h11-14H,4-10H2,1-3H3,(H,18,19). The molecule has 4 heteroatoms. The Hall–Kier alpha value is -0.610. The van der Waals surface area contributed by atoms with Crippen LogP contribution in [-0.4, -0.2) is 59.6 Å². The van der Waals surface area contributed by atoms with Gasteiger partial charge in [-0.3, -0.25) is 9.69 Å². The Morgan fingerprint density at radius 2 is 2.05 bits per heavy atom. The van der Waals surface area contributed by atoms with Gasteiger partial charge in [0.05, 0.1) is 5.92 Å². The molecule has 4 atom stereocenters. The number of nitrogens with zero attached hydrogens (tertiary/aromatic N) is 2. The number of carbonyl (C=O) groups is 1. The highest BCUT2D eigenvalue weighted by atomic mass is 16.4. The van der Waals surface area contributed by atoms with Crippen molar-refractivity contribution in [3.63, 3.8) is 0 Å². The average molecular weight is 268 g/mol. The summed E-state index contributed by atoms with van der Waals surface area (Å²) < 4.78 is 0. The first kappa shape index (κ1) is 14.8. The Bertz CT molecular complexity index is 321. The van der Waals surface area contributed by atoms with Crippen LogP contribution >= 0.6 is 0 Å². The summed E-state index contributed by atoms with van der Waals surface area (Å²) in [5.74, 6) is -0.0277. The number of hydrogen-bond donors (Lipinski definition) is 1. The second kappa shape index (κ2) is 6.23. The van der Waals surface area contributed by atoms with Crippen molar-refractivity contribution in [2.45, 2.75) is 51.6 Å². The molecule has 0 aromatic heterocycles. The molecule has 2 aliphatic rings. The van der Waals surface area contributed by atoms with Crippen LogP contribution in [0.25, 0.3) is 0 Å². The van der Waals surface area contributed by atoms with Crippen LogP contribution in [0.15, 0.2) is 0 Å². The maximum atomic E-state index is 11.5. The van der Waals surface area contributed by atoms with Crippen molar-refractivity contribution in [3.05, 3.63) is 0 Å². The van der Waals surface area contributed by atoms with Gasteiger partial charge in [-0.2, -0.15) is 0 Å². The summed E-state index contributed by atoms with van der Waals surface area (Å²) in [5, 5.41) is 9.48. The second-order valence-corrected chi connectivity index (χ2v) is 6.42. The van der Waals surface area contributed by atoms with E-state index in [0.717, 1.165) is 44.8 Å². The van der Waals surface area contributed by atoms with Crippen LogP contribution in [0.5, 0.6) is 0 Å². The fourth-order valence-electron chi connectivity index (χ4n) is 3.67. The molecule has 1 N–H and O–H groups in total. The molecule has 19 heavy (non-hydrogen) atoms. The summed E-state index contributed by atoms with van der Waals surface area (Å²) in [6.07, 6.45) is 4.21. The maximum absolute atomic E-state index is 11.5. The lowest BCUT2D eigenvalue weighted by Crippen LogP contribution is -2.57. The van der Waals surface area contributed by atoms with Gasteiger partial charge in [-0.05, 0) is 39.2 Å². The molecular formula is C15H28N2O2. The number of piperazine rings is 1. The molecule has 2 fully saturated rings. The van der Waals surface area contributed by atoms with Gasteiger partial charge in [0.15, 0.2) is 0 Å². The van der Waals surface area contributed by atoms with E-state index in [-0.39, 0.29) is 12.0 Å². The van der Waals surface area contributed by atoms with Crippen molar-refractivity contribution in [1.82, 2.24) is 9.80 Å². The molecular weight excluding hydrogens is 240 g/mol. The summed E-state index contributed by atoms with van der Waals surface area (Å²) in [6.45, 7) is 7.56. The quantitative estimate of drug-likeness (QED) is 0.849. The van der Waals surface area contributed by atoms with E-state index in [1.54, 1.807) is 0 Å². The zero-order valence-corrected chi connectivity index (χ0v) is 12.5. The summed E-state index contributed by atoms with van der Waals surface area (Å²) in [5.41, 5.74) is 0. The highest BCUT2D eigenvalue weighted by molar-refractivity contribution is 5.71. The van der Waals surface area contributed by atoms with Crippen molar-refractivity contribution < 1.29 is 9.90 Å². The van der Waals surface area contributed by atoms with Crippen LogP contribution in [0, 0.1) is 11.8 Å². The van der Waals surface area contributed by atoms with E-state index in [4.69, 9.17) is 0 Å². The highest BCUT2D eigenvalue weighted by Gasteiger charge is 2.39. The first-order chi connectivity index (χ1) is 9.02. The topological polar surface area (TPSA) is 43.8 Å². The minimum atomic E-state index is -0.592. The number of likely N-dealkylation sites (N-methyl/N-ethyl adjacent to an activating group) is 1. The maximum Gasteiger partial charge on any atom is 0.308 e. The van der Waals surface area contributed by atoms with Gasteiger partial charge >= 0.3 is 5.97 Å². The molecule has 1 heterocycles. The Morgan fingerprint density at radius 1 is 1.32 bits per heavy atom. The van der Waals surface area contributed by atoms with E-state index in [1.165, 1.54) is 6.42 Å². The monoisotopic (exact) mass is 268 g/mol. The summed E-state index contributed by atoms with van der Waals surface area (Å²) >= 11 is 0. The number of carboxylic acids is 1. The van der Waals surface area contributed by atoms with Crippen LogP contribution in [0.3, 0.4) is 0 Å². The molecule has 1 saturated carbocycles. The first-order valence-electron chi connectivity index (χ1n) is 7.70. The van der Waals surface area contributed by atoms with Gasteiger partial charge in [0.1, 0.15) is 0 Å². The third-order valence-corrected chi connectivity index (χ3v) is 5.28. The lowest BCUT2D eigenvalue weighted by atomic mass is 9.76. The molecule has 1 aliphatic heterocycles. The van der Waals surface area contributed by atoms with Crippen LogP contribution in [0.2, 0.25) is 0 Å². The number of hydrogen-bond acceptors (Lipinski definition) is 3. The van der Waals surface area contributed by atoms with Crippen LogP contribution in [0.1, 0.15) is 39.5 Å². The van der Waals surface area contributed by atoms with Crippen molar-refractivity contribution in [3.8, 4) is 0 Å². The lowest BCUT2D eigenvalue weighted by molar-refractivity contribution is -0.147. The Balaban J connectivity index is 2.06. The SMILES string of the molecule is CCC1CCC(C(=O)O)C(N2CCN(C)C(C)C2)C1. The molecule has 2 rings (SSSR count). The number of aliphatic carboxylic acids is 1. The lowest BCUT2D eigenvalue weighted by Gasteiger charge is -2.46. The zero-order valence-electron chi connectivity index (χ0n) is 12.5. The fourth-order valence-corrected chi connectivity index (χ4v) is 3.67.